The van der Waals surface area contributed by atoms with Gasteiger partial charge in [-0.25, -0.2) is 23.1 Å². The van der Waals surface area contributed by atoms with E-state index >= 15 is 0 Å². The number of pyridine rings is 1. The molecule has 0 aliphatic carbocycles. The molecule has 1 unspecified atom stereocenters. The summed E-state index contributed by atoms with van der Waals surface area (Å²) in [5.74, 6) is 2.26. The molecule has 0 amide bonds. The fraction of sp³-hybridized carbons (Fsp3) is 0.421. The molecule has 156 valence electrons. The van der Waals surface area contributed by atoms with Crippen molar-refractivity contribution in [3.8, 4) is 11.3 Å². The van der Waals surface area contributed by atoms with Crippen molar-refractivity contribution in [1.82, 2.24) is 19.7 Å². The van der Waals surface area contributed by atoms with Crippen LogP contribution in [0.1, 0.15) is 18.7 Å². The second-order valence-electron chi connectivity index (χ2n) is 7.14. The lowest BCUT2D eigenvalue weighted by Gasteiger charge is -2.33. The molecule has 0 spiro atoms. The van der Waals surface area contributed by atoms with Crippen molar-refractivity contribution in [3.63, 3.8) is 0 Å². The first-order valence-electron chi connectivity index (χ1n) is 9.45. The number of anilines is 1. The molecule has 1 atom stereocenters. The van der Waals surface area contributed by atoms with Gasteiger partial charge in [-0.2, -0.15) is 0 Å². The summed E-state index contributed by atoms with van der Waals surface area (Å²) in [4.78, 5) is 18.2. The number of hydrogen-bond donors (Lipinski definition) is 3. The Hall–Kier alpha value is -2.72. The standard InChI is InChI=1S/C19H27N7O2S/c1-21-17(20)5-6-18-23-12-16(25-18)15-7-8-22-19(10-15)26-9-3-4-14(13-26)11-24-29(2,27)28/h5-8,10,12,14,24H,3-4,9,11,13H2,1-2H3,(H2,20,21)(H,23,25)/b6-5-. The number of hydrogen-bond acceptors (Lipinski definition) is 6. The molecule has 0 saturated carbocycles. The predicted molar refractivity (Wildman–Crippen MR) is 116 cm³/mol. The van der Waals surface area contributed by atoms with Crippen LogP contribution < -0.4 is 15.4 Å². The average Bonchev–Trinajstić information content (AvgIpc) is 3.19. The Morgan fingerprint density at radius 2 is 2.31 bits per heavy atom. The van der Waals surface area contributed by atoms with Gasteiger partial charge in [-0.1, -0.05) is 0 Å². The number of aromatic amines is 1. The molecule has 1 saturated heterocycles. The Kier molecular flexibility index (Phi) is 6.65. The summed E-state index contributed by atoms with van der Waals surface area (Å²) in [5.41, 5.74) is 7.53. The summed E-state index contributed by atoms with van der Waals surface area (Å²) in [6.45, 7) is 2.12. The highest BCUT2D eigenvalue weighted by Gasteiger charge is 2.22. The van der Waals surface area contributed by atoms with Crippen LogP contribution in [0.3, 0.4) is 0 Å². The highest BCUT2D eigenvalue weighted by Crippen LogP contribution is 2.25. The predicted octanol–water partition coefficient (Wildman–Crippen LogP) is 1.24. The van der Waals surface area contributed by atoms with Gasteiger partial charge < -0.3 is 15.6 Å². The molecule has 3 rings (SSSR count). The topological polar surface area (TPSA) is 129 Å². The second-order valence-corrected chi connectivity index (χ2v) is 8.97. The van der Waals surface area contributed by atoms with Gasteiger partial charge in [0.1, 0.15) is 17.5 Å². The van der Waals surface area contributed by atoms with Crippen LogP contribution in [0.2, 0.25) is 0 Å². The van der Waals surface area contributed by atoms with Gasteiger partial charge in [-0.05, 0) is 43.0 Å². The minimum atomic E-state index is -3.17. The van der Waals surface area contributed by atoms with E-state index < -0.39 is 10.0 Å². The number of amidine groups is 1. The van der Waals surface area contributed by atoms with Gasteiger partial charge in [-0.15, -0.1) is 0 Å². The van der Waals surface area contributed by atoms with E-state index in [1.807, 2.05) is 12.1 Å². The molecule has 0 bridgehead atoms. The Morgan fingerprint density at radius 1 is 1.48 bits per heavy atom. The Bertz CT molecular complexity index is 997. The number of aromatic nitrogens is 3. The molecule has 0 aromatic carbocycles. The van der Waals surface area contributed by atoms with Crippen molar-refractivity contribution in [2.45, 2.75) is 12.8 Å². The van der Waals surface area contributed by atoms with Crippen LogP contribution in [0.5, 0.6) is 0 Å². The van der Waals surface area contributed by atoms with Crippen molar-refractivity contribution < 1.29 is 8.42 Å². The summed E-state index contributed by atoms with van der Waals surface area (Å²) >= 11 is 0. The number of nitrogens with zero attached hydrogens (tertiary/aromatic N) is 4. The highest BCUT2D eigenvalue weighted by atomic mass is 32.2. The third kappa shape index (κ3) is 6.13. The van der Waals surface area contributed by atoms with Gasteiger partial charge in [0.15, 0.2) is 0 Å². The van der Waals surface area contributed by atoms with E-state index in [9.17, 15) is 8.42 Å². The third-order valence-electron chi connectivity index (χ3n) is 4.80. The first-order chi connectivity index (χ1) is 13.8. The smallest absolute Gasteiger partial charge is 0.208 e. The number of sulfonamides is 1. The summed E-state index contributed by atoms with van der Waals surface area (Å²) in [6.07, 6.45) is 10.2. The van der Waals surface area contributed by atoms with Gasteiger partial charge >= 0.3 is 0 Å². The number of imidazole rings is 1. The molecule has 1 aliphatic rings. The number of H-pyrrole nitrogens is 1. The van der Waals surface area contributed by atoms with Crippen LogP contribution in [-0.2, 0) is 10.0 Å². The van der Waals surface area contributed by atoms with E-state index in [1.165, 1.54) is 6.26 Å². The maximum absolute atomic E-state index is 11.4. The van der Waals surface area contributed by atoms with Gasteiger partial charge in [0, 0.05) is 38.4 Å². The number of piperidine rings is 1. The maximum atomic E-state index is 11.4. The average molecular weight is 418 g/mol. The van der Waals surface area contributed by atoms with E-state index in [-0.39, 0.29) is 5.92 Å². The normalized spacial score (nSPS) is 18.5. The molecule has 2 aromatic rings. The quantitative estimate of drug-likeness (QED) is 0.459. The first-order valence-corrected chi connectivity index (χ1v) is 11.3. The van der Waals surface area contributed by atoms with E-state index in [4.69, 9.17) is 5.73 Å². The minimum Gasteiger partial charge on any atom is -0.384 e. The van der Waals surface area contributed by atoms with Gasteiger partial charge in [0.05, 0.1) is 18.1 Å². The SMILES string of the molecule is CN=C(N)/C=C\c1ncc(-c2ccnc(N3CCCC(CNS(C)(=O)=O)C3)c2)[nH]1. The summed E-state index contributed by atoms with van der Waals surface area (Å²) in [7, 11) is -1.54. The molecule has 1 aliphatic heterocycles. The molecule has 29 heavy (non-hydrogen) atoms. The van der Waals surface area contributed by atoms with Crippen LogP contribution in [-0.4, -0.2) is 62.1 Å². The minimum absolute atomic E-state index is 0.263. The first kappa shape index (κ1) is 21.0. The third-order valence-corrected chi connectivity index (χ3v) is 5.49. The summed E-state index contributed by atoms with van der Waals surface area (Å²) in [5, 5.41) is 0. The fourth-order valence-corrected chi connectivity index (χ4v) is 3.81. The van der Waals surface area contributed by atoms with E-state index in [2.05, 4.69) is 29.6 Å². The lowest BCUT2D eigenvalue weighted by atomic mass is 9.98. The van der Waals surface area contributed by atoms with Gasteiger partial charge in [0.2, 0.25) is 10.0 Å². The number of nitrogens with one attached hydrogen (secondary N) is 2. The molecule has 10 heteroatoms. The van der Waals surface area contributed by atoms with Gasteiger partial charge in [-0.3, -0.25) is 4.99 Å². The maximum Gasteiger partial charge on any atom is 0.208 e. The van der Waals surface area contributed by atoms with E-state index in [0.29, 0.717) is 18.2 Å². The van der Waals surface area contributed by atoms with Crippen molar-refractivity contribution in [2.75, 3.05) is 37.8 Å². The lowest BCUT2D eigenvalue weighted by molar-refractivity contribution is 0.409. The second kappa shape index (κ2) is 9.19. The monoisotopic (exact) mass is 417 g/mol. The van der Waals surface area contributed by atoms with Crippen LogP contribution in [0.15, 0.2) is 35.6 Å². The molecular weight excluding hydrogens is 390 g/mol. The molecule has 1 fully saturated rings. The summed E-state index contributed by atoms with van der Waals surface area (Å²) < 4.78 is 25.3. The zero-order chi connectivity index (χ0) is 20.9. The van der Waals surface area contributed by atoms with Crippen LogP contribution in [0.4, 0.5) is 5.82 Å². The Labute approximate surface area is 171 Å². The zero-order valence-electron chi connectivity index (χ0n) is 16.7. The Balaban J connectivity index is 1.71. The Morgan fingerprint density at radius 3 is 3.07 bits per heavy atom. The van der Waals surface area contributed by atoms with E-state index in [1.54, 1.807) is 31.6 Å². The van der Waals surface area contributed by atoms with Gasteiger partial charge in [0.25, 0.3) is 0 Å². The molecule has 4 N–H and O–H groups in total. The molecule has 3 heterocycles. The van der Waals surface area contributed by atoms with Crippen molar-refractivity contribution in [2.24, 2.45) is 16.6 Å². The molecule has 9 nitrogen and oxygen atoms in total. The van der Waals surface area contributed by atoms with Crippen LogP contribution >= 0.6 is 0 Å². The fourth-order valence-electron chi connectivity index (χ4n) is 3.27. The molecular formula is C19H27N7O2S. The lowest BCUT2D eigenvalue weighted by Crippen LogP contribution is -2.41. The summed E-state index contributed by atoms with van der Waals surface area (Å²) in [6, 6.07) is 3.95. The van der Waals surface area contributed by atoms with E-state index in [0.717, 1.165) is 43.0 Å². The molecule has 0 radical (unpaired) electrons. The molecule has 2 aromatic heterocycles. The van der Waals surface area contributed by atoms with Crippen LogP contribution in [0.25, 0.3) is 17.3 Å². The van der Waals surface area contributed by atoms with Crippen molar-refractivity contribution >= 4 is 27.8 Å². The van der Waals surface area contributed by atoms with Crippen LogP contribution in [0, 0.1) is 5.92 Å². The number of aliphatic imine (C=N–C) groups is 1. The largest absolute Gasteiger partial charge is 0.384 e. The highest BCUT2D eigenvalue weighted by molar-refractivity contribution is 7.88. The zero-order valence-corrected chi connectivity index (χ0v) is 17.5. The number of rotatable bonds is 7. The van der Waals surface area contributed by atoms with Crippen molar-refractivity contribution in [1.29, 1.82) is 0 Å². The van der Waals surface area contributed by atoms with Crippen molar-refractivity contribution in [3.05, 3.63) is 36.4 Å². The number of nitrogens with two attached hydrogens (primary N) is 1.